The molecule has 0 bridgehead atoms. The lowest BCUT2D eigenvalue weighted by molar-refractivity contribution is -0.154. The number of hydrogen-bond acceptors (Lipinski definition) is 6. The molecule has 6 nitrogen and oxygen atoms in total. The number of benzene rings is 1. The number of ether oxygens (including phenoxy) is 1. The second-order valence-electron chi connectivity index (χ2n) is 7.19. The molecule has 0 unspecified atom stereocenters. The van der Waals surface area contributed by atoms with Crippen LogP contribution in [0.1, 0.15) is 23.4 Å². The van der Waals surface area contributed by atoms with Gasteiger partial charge in [-0.2, -0.15) is 0 Å². The molecular weight excluding hydrogens is 376 g/mol. The third kappa shape index (κ3) is 2.69. The summed E-state index contributed by atoms with van der Waals surface area (Å²) in [4.78, 5) is 41.6. The number of nitrogens with one attached hydrogen (secondary N) is 1. The van der Waals surface area contributed by atoms with E-state index in [4.69, 9.17) is 4.74 Å². The molecule has 1 aromatic carbocycles. The minimum atomic E-state index is -1.29. The normalized spacial score (nSPS) is 29.2. The van der Waals surface area contributed by atoms with Crippen molar-refractivity contribution in [3.8, 4) is 0 Å². The van der Waals surface area contributed by atoms with Gasteiger partial charge in [0.2, 0.25) is 11.8 Å². The van der Waals surface area contributed by atoms with E-state index in [9.17, 15) is 14.4 Å². The van der Waals surface area contributed by atoms with Crippen LogP contribution in [-0.2, 0) is 25.5 Å². The first kappa shape index (κ1) is 18.8. The molecule has 1 aromatic heterocycles. The highest BCUT2D eigenvalue weighted by atomic mass is 32.1. The standard InChI is InChI=1S/C21H22N2O4S/c1-3-23-18(24)15-16(19(23)25)21(20(26)27-2,12-13-8-5-4-6-9-13)22-17(15)14-10-7-11-28-14/h4-11,15-17,22H,3,12H2,1-2H3/t15-,16-,17+,21+/m0/s1. The number of carbonyl (C=O) groups is 3. The summed E-state index contributed by atoms with van der Waals surface area (Å²) in [6.45, 7) is 2.08. The lowest BCUT2D eigenvalue weighted by atomic mass is 9.76. The van der Waals surface area contributed by atoms with Gasteiger partial charge in [0.1, 0.15) is 5.54 Å². The Labute approximate surface area is 167 Å². The number of amides is 2. The summed E-state index contributed by atoms with van der Waals surface area (Å²) in [5.74, 6) is -2.44. The molecule has 2 fully saturated rings. The molecule has 4 atom stereocenters. The van der Waals surface area contributed by atoms with E-state index in [2.05, 4.69) is 5.32 Å². The molecule has 146 valence electrons. The Morgan fingerprint density at radius 3 is 2.54 bits per heavy atom. The summed E-state index contributed by atoms with van der Waals surface area (Å²) < 4.78 is 5.16. The Balaban J connectivity index is 1.86. The van der Waals surface area contributed by atoms with Crippen LogP contribution >= 0.6 is 11.3 Å². The highest BCUT2D eigenvalue weighted by Gasteiger charge is 2.68. The lowest BCUT2D eigenvalue weighted by Crippen LogP contribution is -2.57. The minimum absolute atomic E-state index is 0.220. The molecule has 1 N–H and O–H groups in total. The van der Waals surface area contributed by atoms with Gasteiger partial charge in [-0.25, -0.2) is 0 Å². The first-order valence-corrected chi connectivity index (χ1v) is 10.2. The van der Waals surface area contributed by atoms with E-state index in [1.54, 1.807) is 6.92 Å². The molecular formula is C21H22N2O4S. The van der Waals surface area contributed by atoms with E-state index in [0.29, 0.717) is 6.54 Å². The summed E-state index contributed by atoms with van der Waals surface area (Å²) in [5.41, 5.74) is -0.382. The largest absolute Gasteiger partial charge is 0.468 e. The number of likely N-dealkylation sites (tertiary alicyclic amines) is 1. The Bertz CT molecular complexity index is 898. The van der Waals surface area contributed by atoms with Crippen molar-refractivity contribution in [1.82, 2.24) is 10.2 Å². The fourth-order valence-corrected chi connectivity index (χ4v) is 5.43. The predicted octanol–water partition coefficient (Wildman–Crippen LogP) is 2.17. The average Bonchev–Trinajstić information content (AvgIpc) is 3.40. The van der Waals surface area contributed by atoms with Crippen molar-refractivity contribution in [2.45, 2.75) is 24.9 Å². The minimum Gasteiger partial charge on any atom is -0.468 e. The third-order valence-corrected chi connectivity index (χ3v) is 6.74. The van der Waals surface area contributed by atoms with Gasteiger partial charge in [0.05, 0.1) is 25.0 Å². The molecule has 2 aliphatic heterocycles. The fraction of sp³-hybridized carbons (Fsp3) is 0.381. The van der Waals surface area contributed by atoms with Gasteiger partial charge in [0.15, 0.2) is 0 Å². The highest BCUT2D eigenvalue weighted by Crippen LogP contribution is 2.50. The fourth-order valence-electron chi connectivity index (χ4n) is 4.61. The van der Waals surface area contributed by atoms with Crippen LogP contribution in [0.4, 0.5) is 0 Å². The first-order chi connectivity index (χ1) is 13.5. The number of imide groups is 1. The SMILES string of the molecule is CCN1C(=O)[C@@H]2[C@@H](c3cccs3)N[C@@](Cc3ccccc3)(C(=O)OC)[C@@H]2C1=O. The van der Waals surface area contributed by atoms with Crippen LogP contribution in [0.5, 0.6) is 0 Å². The number of esters is 1. The second kappa shape index (κ2) is 7.14. The quantitative estimate of drug-likeness (QED) is 0.617. The molecule has 2 amide bonds. The Morgan fingerprint density at radius 2 is 1.93 bits per heavy atom. The predicted molar refractivity (Wildman–Crippen MR) is 104 cm³/mol. The van der Waals surface area contributed by atoms with Gasteiger partial charge < -0.3 is 4.74 Å². The molecule has 28 heavy (non-hydrogen) atoms. The van der Waals surface area contributed by atoms with Crippen molar-refractivity contribution in [1.29, 1.82) is 0 Å². The summed E-state index contributed by atoms with van der Waals surface area (Å²) >= 11 is 1.51. The highest BCUT2D eigenvalue weighted by molar-refractivity contribution is 7.10. The van der Waals surface area contributed by atoms with Gasteiger partial charge in [0, 0.05) is 17.8 Å². The molecule has 3 heterocycles. The third-order valence-electron chi connectivity index (χ3n) is 5.79. The molecule has 2 saturated heterocycles. The molecule has 2 aliphatic rings. The van der Waals surface area contributed by atoms with Crippen molar-refractivity contribution < 1.29 is 19.1 Å². The van der Waals surface area contributed by atoms with E-state index in [0.717, 1.165) is 10.4 Å². The number of carbonyl (C=O) groups excluding carboxylic acids is 3. The van der Waals surface area contributed by atoms with Gasteiger partial charge >= 0.3 is 5.97 Å². The number of rotatable bonds is 5. The molecule has 0 aliphatic carbocycles. The lowest BCUT2D eigenvalue weighted by Gasteiger charge is -2.32. The average molecular weight is 398 g/mol. The topological polar surface area (TPSA) is 75.7 Å². The van der Waals surface area contributed by atoms with E-state index in [1.165, 1.54) is 23.3 Å². The van der Waals surface area contributed by atoms with Crippen LogP contribution in [0, 0.1) is 11.8 Å². The van der Waals surface area contributed by atoms with Crippen molar-refractivity contribution in [2.75, 3.05) is 13.7 Å². The molecule has 0 saturated carbocycles. The molecule has 2 aromatic rings. The van der Waals surface area contributed by atoms with Crippen LogP contribution in [-0.4, -0.2) is 41.9 Å². The molecule has 0 spiro atoms. The van der Waals surface area contributed by atoms with Crippen molar-refractivity contribution in [3.63, 3.8) is 0 Å². The van der Waals surface area contributed by atoms with E-state index in [1.807, 2.05) is 47.8 Å². The maximum Gasteiger partial charge on any atom is 0.327 e. The van der Waals surface area contributed by atoms with Crippen LogP contribution in [0.15, 0.2) is 47.8 Å². The van der Waals surface area contributed by atoms with Crippen LogP contribution in [0.3, 0.4) is 0 Å². The van der Waals surface area contributed by atoms with Crippen molar-refractivity contribution in [3.05, 3.63) is 58.3 Å². The van der Waals surface area contributed by atoms with Crippen LogP contribution in [0.25, 0.3) is 0 Å². The van der Waals surface area contributed by atoms with Crippen LogP contribution < -0.4 is 5.32 Å². The maximum atomic E-state index is 13.2. The smallest absolute Gasteiger partial charge is 0.327 e. The maximum absolute atomic E-state index is 13.2. The van der Waals surface area contributed by atoms with Gasteiger partial charge in [0.25, 0.3) is 0 Å². The van der Waals surface area contributed by atoms with Gasteiger partial charge in [-0.15, -0.1) is 11.3 Å². The Morgan fingerprint density at radius 1 is 1.18 bits per heavy atom. The van der Waals surface area contributed by atoms with Crippen molar-refractivity contribution >= 4 is 29.1 Å². The van der Waals surface area contributed by atoms with E-state index in [-0.39, 0.29) is 18.2 Å². The van der Waals surface area contributed by atoms with Gasteiger partial charge in [-0.05, 0) is 23.9 Å². The Kier molecular flexibility index (Phi) is 4.81. The summed E-state index contributed by atoms with van der Waals surface area (Å²) in [5, 5.41) is 5.31. The summed E-state index contributed by atoms with van der Waals surface area (Å²) in [7, 11) is 1.32. The number of methoxy groups -OCH3 is 1. The number of thiophene rings is 1. The summed E-state index contributed by atoms with van der Waals surface area (Å²) in [6.07, 6.45) is 0.278. The van der Waals surface area contributed by atoms with Crippen molar-refractivity contribution in [2.24, 2.45) is 11.8 Å². The zero-order valence-corrected chi connectivity index (χ0v) is 16.6. The molecule has 4 rings (SSSR count). The number of nitrogens with zero attached hydrogens (tertiary/aromatic N) is 1. The van der Waals surface area contributed by atoms with E-state index < -0.39 is 29.4 Å². The van der Waals surface area contributed by atoms with Crippen LogP contribution in [0.2, 0.25) is 0 Å². The summed E-state index contributed by atoms with van der Waals surface area (Å²) in [6, 6.07) is 13.0. The zero-order valence-electron chi connectivity index (χ0n) is 15.8. The van der Waals surface area contributed by atoms with Gasteiger partial charge in [-0.1, -0.05) is 36.4 Å². The zero-order chi connectivity index (χ0) is 19.9. The monoisotopic (exact) mass is 398 g/mol. The van der Waals surface area contributed by atoms with E-state index >= 15 is 0 Å². The number of fused-ring (bicyclic) bond motifs is 1. The Hall–Kier alpha value is -2.51. The first-order valence-electron chi connectivity index (χ1n) is 9.32. The van der Waals surface area contributed by atoms with Gasteiger partial charge in [-0.3, -0.25) is 24.6 Å². The molecule has 0 radical (unpaired) electrons. The number of hydrogen-bond donors (Lipinski definition) is 1. The molecule has 7 heteroatoms. The second-order valence-corrected chi connectivity index (χ2v) is 8.17.